The van der Waals surface area contributed by atoms with E-state index in [1.807, 2.05) is 6.92 Å². The van der Waals surface area contributed by atoms with Gasteiger partial charge in [0.05, 0.1) is 5.56 Å². The average molecular weight is 289 g/mol. The van der Waals surface area contributed by atoms with Crippen molar-refractivity contribution in [2.24, 2.45) is 0 Å². The molecule has 4 heteroatoms. The van der Waals surface area contributed by atoms with Crippen molar-refractivity contribution in [1.82, 2.24) is 5.32 Å². The molecule has 1 N–H and O–H groups in total. The predicted octanol–water partition coefficient (Wildman–Crippen LogP) is 3.55. The minimum Gasteiger partial charge on any atom is -0.352 e. The molecular formula is C17H17F2NO. The van der Waals surface area contributed by atoms with Crippen LogP contribution < -0.4 is 5.32 Å². The van der Waals surface area contributed by atoms with Gasteiger partial charge in [-0.1, -0.05) is 12.1 Å². The number of amides is 1. The van der Waals surface area contributed by atoms with E-state index in [4.69, 9.17) is 0 Å². The van der Waals surface area contributed by atoms with Gasteiger partial charge in [0.15, 0.2) is 0 Å². The molecule has 0 spiro atoms. The first-order chi connectivity index (χ1) is 9.97. The van der Waals surface area contributed by atoms with Gasteiger partial charge in [0, 0.05) is 6.54 Å². The zero-order chi connectivity index (χ0) is 15.4. The summed E-state index contributed by atoms with van der Waals surface area (Å²) in [6.07, 6.45) is 0.575. The second kappa shape index (κ2) is 6.48. The van der Waals surface area contributed by atoms with Crippen molar-refractivity contribution in [2.45, 2.75) is 20.3 Å². The molecule has 0 radical (unpaired) electrons. The molecule has 0 aliphatic rings. The summed E-state index contributed by atoms with van der Waals surface area (Å²) in [5, 5.41) is 2.68. The van der Waals surface area contributed by atoms with Gasteiger partial charge in [-0.05, 0) is 61.2 Å². The lowest BCUT2D eigenvalue weighted by Gasteiger charge is -2.08. The van der Waals surface area contributed by atoms with Crippen LogP contribution in [-0.2, 0) is 6.42 Å². The van der Waals surface area contributed by atoms with Gasteiger partial charge in [-0.25, -0.2) is 8.78 Å². The second-order valence-electron chi connectivity index (χ2n) is 5.06. The highest BCUT2D eigenvalue weighted by Gasteiger charge is 2.11. The first kappa shape index (κ1) is 15.2. The third-order valence-corrected chi connectivity index (χ3v) is 3.35. The molecule has 0 saturated carbocycles. The first-order valence-corrected chi connectivity index (χ1v) is 6.77. The number of hydrogen-bond donors (Lipinski definition) is 1. The maximum absolute atomic E-state index is 13.7. The Morgan fingerprint density at radius 1 is 1.10 bits per heavy atom. The van der Waals surface area contributed by atoms with E-state index in [2.05, 4.69) is 5.32 Å². The molecule has 0 saturated heterocycles. The Bertz CT molecular complexity index is 668. The number of carbonyl (C=O) groups is 1. The molecule has 0 atom stereocenters. The lowest BCUT2D eigenvalue weighted by Crippen LogP contribution is -2.26. The van der Waals surface area contributed by atoms with Crippen molar-refractivity contribution in [3.8, 4) is 0 Å². The number of carbonyl (C=O) groups excluding carboxylic acids is 1. The van der Waals surface area contributed by atoms with E-state index in [-0.39, 0.29) is 11.4 Å². The van der Waals surface area contributed by atoms with Gasteiger partial charge < -0.3 is 5.32 Å². The van der Waals surface area contributed by atoms with Crippen LogP contribution in [0.25, 0.3) is 0 Å². The lowest BCUT2D eigenvalue weighted by molar-refractivity contribution is 0.0950. The number of hydrogen-bond acceptors (Lipinski definition) is 1. The Kier molecular flexibility index (Phi) is 4.68. The number of rotatable bonds is 4. The fourth-order valence-electron chi connectivity index (χ4n) is 2.15. The zero-order valence-electron chi connectivity index (χ0n) is 12.0. The zero-order valence-corrected chi connectivity index (χ0v) is 12.0. The highest BCUT2D eigenvalue weighted by atomic mass is 19.1. The molecule has 0 aliphatic carbocycles. The van der Waals surface area contributed by atoms with E-state index in [1.54, 1.807) is 19.1 Å². The smallest absolute Gasteiger partial charge is 0.254 e. The maximum atomic E-state index is 13.7. The van der Waals surface area contributed by atoms with Crippen molar-refractivity contribution >= 4 is 5.91 Å². The van der Waals surface area contributed by atoms with Crippen LogP contribution in [0.3, 0.4) is 0 Å². The summed E-state index contributed by atoms with van der Waals surface area (Å²) >= 11 is 0. The fourth-order valence-corrected chi connectivity index (χ4v) is 2.15. The van der Waals surface area contributed by atoms with Crippen molar-refractivity contribution in [3.63, 3.8) is 0 Å². The Labute approximate surface area is 122 Å². The molecule has 1 amide bonds. The van der Waals surface area contributed by atoms with Crippen LogP contribution in [0.2, 0.25) is 0 Å². The van der Waals surface area contributed by atoms with Gasteiger partial charge in [0.2, 0.25) is 0 Å². The van der Waals surface area contributed by atoms with Crippen molar-refractivity contribution < 1.29 is 13.6 Å². The molecular weight excluding hydrogens is 272 g/mol. The minimum absolute atomic E-state index is 0.0384. The summed E-state index contributed by atoms with van der Waals surface area (Å²) in [6, 6.07) is 9.05. The van der Waals surface area contributed by atoms with Gasteiger partial charge in [-0.15, -0.1) is 0 Å². The summed E-state index contributed by atoms with van der Waals surface area (Å²) < 4.78 is 26.6. The molecule has 2 nitrogen and oxygen atoms in total. The first-order valence-electron chi connectivity index (χ1n) is 6.77. The van der Waals surface area contributed by atoms with E-state index in [0.29, 0.717) is 13.0 Å². The minimum atomic E-state index is -0.523. The molecule has 0 unspecified atom stereocenters. The van der Waals surface area contributed by atoms with E-state index < -0.39 is 11.7 Å². The van der Waals surface area contributed by atoms with E-state index in [1.165, 1.54) is 24.3 Å². The van der Waals surface area contributed by atoms with Gasteiger partial charge >= 0.3 is 0 Å². The Balaban J connectivity index is 1.95. The van der Waals surface area contributed by atoms with Crippen molar-refractivity contribution in [3.05, 3.63) is 70.3 Å². The molecule has 2 rings (SSSR count). The third-order valence-electron chi connectivity index (χ3n) is 3.35. The Morgan fingerprint density at radius 3 is 2.52 bits per heavy atom. The molecule has 21 heavy (non-hydrogen) atoms. The summed E-state index contributed by atoms with van der Waals surface area (Å²) in [5.74, 6) is -1.24. The topological polar surface area (TPSA) is 29.1 Å². The molecule has 110 valence electrons. The molecule has 0 heterocycles. The van der Waals surface area contributed by atoms with E-state index in [9.17, 15) is 13.6 Å². The van der Waals surface area contributed by atoms with Crippen LogP contribution >= 0.6 is 0 Å². The summed E-state index contributed by atoms with van der Waals surface area (Å²) in [6.45, 7) is 3.96. The molecule has 0 fully saturated rings. The Hall–Kier alpha value is -2.23. The van der Waals surface area contributed by atoms with Crippen LogP contribution in [0.1, 0.15) is 27.0 Å². The molecule has 0 aromatic heterocycles. The van der Waals surface area contributed by atoms with Crippen LogP contribution in [-0.4, -0.2) is 12.5 Å². The quantitative estimate of drug-likeness (QED) is 0.916. The van der Waals surface area contributed by atoms with Crippen molar-refractivity contribution in [1.29, 1.82) is 0 Å². The molecule has 2 aromatic rings. The molecule has 2 aromatic carbocycles. The summed E-state index contributed by atoms with van der Waals surface area (Å²) in [5.41, 5.74) is 2.61. The highest BCUT2D eigenvalue weighted by Crippen LogP contribution is 2.11. The van der Waals surface area contributed by atoms with E-state index >= 15 is 0 Å². The number of aryl methyl sites for hydroxylation is 2. The normalized spacial score (nSPS) is 10.5. The van der Waals surface area contributed by atoms with Gasteiger partial charge in [-0.2, -0.15) is 0 Å². The van der Waals surface area contributed by atoms with Gasteiger partial charge in [0.1, 0.15) is 11.6 Å². The predicted molar refractivity (Wildman–Crippen MR) is 78.3 cm³/mol. The second-order valence-corrected chi connectivity index (χ2v) is 5.06. The molecule has 0 bridgehead atoms. The standard InChI is InChI=1S/C17H17F2NO/c1-11-3-6-15(16(19)9-11)17(21)20-8-7-13-4-5-14(18)10-12(13)2/h3-6,9-10H,7-8H2,1-2H3,(H,20,21). The van der Waals surface area contributed by atoms with E-state index in [0.717, 1.165) is 16.7 Å². The Morgan fingerprint density at radius 2 is 1.86 bits per heavy atom. The number of halogens is 2. The van der Waals surface area contributed by atoms with Gasteiger partial charge in [-0.3, -0.25) is 4.79 Å². The van der Waals surface area contributed by atoms with Crippen LogP contribution in [0.5, 0.6) is 0 Å². The van der Waals surface area contributed by atoms with Crippen LogP contribution in [0.15, 0.2) is 36.4 Å². The summed E-state index contributed by atoms with van der Waals surface area (Å²) in [7, 11) is 0. The van der Waals surface area contributed by atoms with Crippen LogP contribution in [0.4, 0.5) is 8.78 Å². The highest BCUT2D eigenvalue weighted by molar-refractivity contribution is 5.94. The lowest BCUT2D eigenvalue weighted by atomic mass is 10.1. The SMILES string of the molecule is Cc1ccc(C(=O)NCCc2ccc(F)cc2C)c(F)c1. The average Bonchev–Trinajstić information content (AvgIpc) is 2.41. The maximum Gasteiger partial charge on any atom is 0.254 e. The van der Waals surface area contributed by atoms with Crippen LogP contribution in [0, 0.1) is 25.5 Å². The summed E-state index contributed by atoms with van der Waals surface area (Å²) in [4.78, 5) is 11.9. The largest absolute Gasteiger partial charge is 0.352 e. The molecule has 0 aliphatic heterocycles. The fraction of sp³-hybridized carbons (Fsp3) is 0.235. The number of benzene rings is 2. The van der Waals surface area contributed by atoms with Crippen molar-refractivity contribution in [2.75, 3.05) is 6.54 Å². The monoisotopic (exact) mass is 289 g/mol. The number of nitrogens with one attached hydrogen (secondary N) is 1. The van der Waals surface area contributed by atoms with Gasteiger partial charge in [0.25, 0.3) is 5.91 Å². The third kappa shape index (κ3) is 3.88.